The maximum Gasteiger partial charge on any atom is 0.427 e. The Morgan fingerprint density at radius 1 is 1.46 bits per heavy atom. The third kappa shape index (κ3) is 3.81. The van der Waals surface area contributed by atoms with Crippen LogP contribution in [-0.4, -0.2) is 43.6 Å². The predicted molar refractivity (Wildman–Crippen MR) is 96.9 cm³/mol. The molecule has 0 aliphatic carbocycles. The van der Waals surface area contributed by atoms with E-state index in [0.717, 1.165) is 11.3 Å². The number of fused-ring (bicyclic) bond motifs is 1. The molecule has 136 valence electrons. The Balaban J connectivity index is 2.12. The zero-order valence-corrected chi connectivity index (χ0v) is 15.9. The zero-order valence-electron chi connectivity index (χ0n) is 14.3. The molecule has 11 heteroatoms. The van der Waals surface area contributed by atoms with E-state index in [4.69, 9.17) is 11.6 Å². The summed E-state index contributed by atoms with van der Waals surface area (Å²) >= 11 is 7.27. The number of nitrogens with one attached hydrogen (secondary N) is 1. The first-order chi connectivity index (χ1) is 12.5. The van der Waals surface area contributed by atoms with Gasteiger partial charge in [-0.3, -0.25) is 0 Å². The monoisotopic (exact) mass is 393 g/mol. The molecule has 0 unspecified atom stereocenters. The van der Waals surface area contributed by atoms with E-state index in [-0.39, 0.29) is 0 Å². The van der Waals surface area contributed by atoms with Gasteiger partial charge in [0.15, 0.2) is 5.49 Å². The lowest BCUT2D eigenvalue weighted by molar-refractivity contribution is 0.171. The van der Waals surface area contributed by atoms with Crippen LogP contribution in [0.3, 0.4) is 0 Å². The minimum absolute atomic E-state index is 0.432. The van der Waals surface area contributed by atoms with Crippen LogP contribution >= 0.6 is 23.4 Å². The summed E-state index contributed by atoms with van der Waals surface area (Å²) in [7, 11) is 1.27. The number of halogens is 1. The van der Waals surface area contributed by atoms with E-state index in [2.05, 4.69) is 30.3 Å². The van der Waals surface area contributed by atoms with Crippen molar-refractivity contribution in [1.29, 1.82) is 0 Å². The second kappa shape index (κ2) is 7.75. The molecule has 26 heavy (non-hydrogen) atoms. The molecule has 3 rings (SSSR count). The van der Waals surface area contributed by atoms with E-state index >= 15 is 0 Å². The Bertz CT molecular complexity index is 1010. The molecule has 3 aromatic rings. The van der Waals surface area contributed by atoms with E-state index in [1.807, 2.05) is 23.8 Å². The largest absolute Gasteiger partial charge is 0.452 e. The first-order valence-electron chi connectivity index (χ1n) is 7.51. The van der Waals surface area contributed by atoms with Crippen LogP contribution in [0.4, 0.5) is 4.79 Å². The number of ether oxygens (including phenoxy) is 1. The number of carbonyl (C=O) groups is 1. The molecule has 0 aliphatic heterocycles. The molecule has 0 atom stereocenters. The summed E-state index contributed by atoms with van der Waals surface area (Å²) in [6, 6.07) is 5.44. The molecule has 0 spiro atoms. The van der Waals surface area contributed by atoms with Crippen molar-refractivity contribution in [1.82, 2.24) is 29.6 Å². The Labute approximate surface area is 158 Å². The van der Waals surface area contributed by atoms with Gasteiger partial charge < -0.3 is 9.30 Å². The number of hydrogen-bond acceptors (Lipinski definition) is 7. The Hall–Kier alpha value is -2.59. The number of hydrogen-bond donors (Lipinski definition) is 1. The molecule has 0 bridgehead atoms. The highest BCUT2D eigenvalue weighted by Gasteiger charge is 2.12. The fourth-order valence-corrected chi connectivity index (χ4v) is 2.74. The summed E-state index contributed by atoms with van der Waals surface area (Å²) in [5, 5.41) is 9.51. The summed E-state index contributed by atoms with van der Waals surface area (Å²) in [6.45, 7) is 2.46. The standard InChI is InChI=1S/C15H16ClN7O2S/c1-9-6-12(19-20-15(24)25-2)23-14(18-13(21-23)26-3)22(9)8-10-4-5-11(16)17-7-10/h4-7H,8H2,1-3H3,(H,20,24)/b19-12+. The number of amides is 1. The van der Waals surface area contributed by atoms with Gasteiger partial charge in [-0.25, -0.2) is 15.2 Å². The lowest BCUT2D eigenvalue weighted by Gasteiger charge is -2.12. The summed E-state index contributed by atoms with van der Waals surface area (Å²) in [5.74, 6) is 0.592. The maximum absolute atomic E-state index is 11.3. The van der Waals surface area contributed by atoms with Gasteiger partial charge in [0.05, 0.1) is 13.7 Å². The Morgan fingerprint density at radius 2 is 2.27 bits per heavy atom. The minimum Gasteiger partial charge on any atom is -0.452 e. The molecule has 1 amide bonds. The SMILES string of the molecule is COC(=O)N/N=c1\cc(C)n(Cc2ccc(Cl)nc2)c2nc(SC)nn12. The summed E-state index contributed by atoms with van der Waals surface area (Å²) in [4.78, 5) is 20.0. The molecule has 3 heterocycles. The van der Waals surface area contributed by atoms with Crippen LogP contribution in [0.5, 0.6) is 0 Å². The first-order valence-corrected chi connectivity index (χ1v) is 9.11. The van der Waals surface area contributed by atoms with Crippen molar-refractivity contribution in [3.05, 3.63) is 46.3 Å². The van der Waals surface area contributed by atoms with Crippen LogP contribution in [0, 0.1) is 6.92 Å². The van der Waals surface area contributed by atoms with Crippen LogP contribution < -0.4 is 10.9 Å². The normalized spacial score (nSPS) is 11.8. The molecular formula is C15H16ClN7O2S. The molecule has 1 N–H and O–H groups in total. The van der Waals surface area contributed by atoms with Crippen LogP contribution in [0.15, 0.2) is 34.7 Å². The smallest absolute Gasteiger partial charge is 0.427 e. The number of nitrogens with zero attached hydrogens (tertiary/aromatic N) is 6. The van der Waals surface area contributed by atoms with Gasteiger partial charge in [0.2, 0.25) is 10.9 Å². The van der Waals surface area contributed by atoms with E-state index in [9.17, 15) is 4.79 Å². The van der Waals surface area contributed by atoms with E-state index < -0.39 is 6.09 Å². The number of pyridine rings is 1. The number of aromatic nitrogens is 5. The van der Waals surface area contributed by atoms with Crippen molar-refractivity contribution in [3.63, 3.8) is 0 Å². The topological polar surface area (TPSA) is 98.7 Å². The molecule has 0 aromatic carbocycles. The van der Waals surface area contributed by atoms with Gasteiger partial charge in [0.1, 0.15) is 5.15 Å². The molecule has 0 saturated carbocycles. The second-order valence-electron chi connectivity index (χ2n) is 5.24. The van der Waals surface area contributed by atoms with Gasteiger partial charge >= 0.3 is 6.09 Å². The van der Waals surface area contributed by atoms with E-state index in [0.29, 0.717) is 28.1 Å². The van der Waals surface area contributed by atoms with Gasteiger partial charge in [-0.1, -0.05) is 29.4 Å². The number of rotatable bonds is 4. The van der Waals surface area contributed by atoms with Crippen molar-refractivity contribution in [2.24, 2.45) is 5.10 Å². The molecule has 9 nitrogen and oxygen atoms in total. The number of methoxy groups -OCH3 is 1. The lowest BCUT2D eigenvalue weighted by Crippen LogP contribution is -2.27. The highest BCUT2D eigenvalue weighted by Crippen LogP contribution is 2.13. The van der Waals surface area contributed by atoms with Gasteiger partial charge in [-0.15, -0.1) is 10.2 Å². The number of carbonyl (C=O) groups excluding carboxylic acids is 1. The third-order valence-corrected chi connectivity index (χ3v) is 4.31. The molecule has 0 aliphatic rings. The van der Waals surface area contributed by atoms with Gasteiger partial charge in [-0.2, -0.15) is 9.50 Å². The fraction of sp³-hybridized carbons (Fsp3) is 0.267. The van der Waals surface area contributed by atoms with Gasteiger partial charge in [0, 0.05) is 18.0 Å². The predicted octanol–water partition coefficient (Wildman–Crippen LogP) is 1.83. The molecule has 0 fully saturated rings. The summed E-state index contributed by atoms with van der Waals surface area (Å²) < 4.78 is 8.09. The average molecular weight is 394 g/mol. The molecule has 0 saturated heterocycles. The van der Waals surface area contributed by atoms with Gasteiger partial charge in [-0.05, 0) is 24.8 Å². The van der Waals surface area contributed by atoms with Crippen molar-refractivity contribution in [2.45, 2.75) is 18.6 Å². The summed E-state index contributed by atoms with van der Waals surface area (Å²) in [6.07, 6.45) is 2.94. The minimum atomic E-state index is -0.662. The van der Waals surface area contributed by atoms with Crippen LogP contribution in [-0.2, 0) is 11.3 Å². The van der Waals surface area contributed by atoms with E-state index in [1.165, 1.54) is 18.9 Å². The first kappa shape index (κ1) is 18.2. The van der Waals surface area contributed by atoms with Crippen molar-refractivity contribution in [2.75, 3.05) is 13.4 Å². The molecule has 0 radical (unpaired) electrons. The lowest BCUT2D eigenvalue weighted by atomic mass is 10.2. The van der Waals surface area contributed by atoms with Crippen LogP contribution in [0.25, 0.3) is 5.78 Å². The molecular weight excluding hydrogens is 378 g/mol. The number of aryl methyl sites for hydroxylation is 1. The highest BCUT2D eigenvalue weighted by molar-refractivity contribution is 7.98. The maximum atomic E-state index is 11.3. The Kier molecular flexibility index (Phi) is 5.43. The summed E-state index contributed by atoms with van der Waals surface area (Å²) in [5.41, 5.74) is 4.59. The highest BCUT2D eigenvalue weighted by atomic mass is 35.5. The Morgan fingerprint density at radius 3 is 2.92 bits per heavy atom. The third-order valence-electron chi connectivity index (χ3n) is 3.55. The van der Waals surface area contributed by atoms with Crippen molar-refractivity contribution >= 4 is 35.2 Å². The number of thioether (sulfide) groups is 1. The molecule has 3 aromatic heterocycles. The second-order valence-corrected chi connectivity index (χ2v) is 6.41. The fourth-order valence-electron chi connectivity index (χ4n) is 2.29. The van der Waals surface area contributed by atoms with Crippen molar-refractivity contribution < 1.29 is 9.53 Å². The average Bonchev–Trinajstić information content (AvgIpc) is 3.08. The quantitative estimate of drug-likeness (QED) is 0.412. The van der Waals surface area contributed by atoms with Crippen LogP contribution in [0.2, 0.25) is 5.15 Å². The zero-order chi connectivity index (χ0) is 18.7. The van der Waals surface area contributed by atoms with Gasteiger partial charge in [0.25, 0.3) is 0 Å². The van der Waals surface area contributed by atoms with Crippen LogP contribution in [0.1, 0.15) is 11.3 Å². The van der Waals surface area contributed by atoms with Crippen molar-refractivity contribution in [3.8, 4) is 0 Å². The van der Waals surface area contributed by atoms with E-state index in [1.54, 1.807) is 22.8 Å².